The molecule has 3 fully saturated rings. The van der Waals surface area contributed by atoms with Crippen LogP contribution < -0.4 is 4.74 Å². The molecule has 2 aromatic heterocycles. The summed E-state index contributed by atoms with van der Waals surface area (Å²) in [6, 6.07) is 15.3. The number of hydrogen-bond donors (Lipinski definition) is 0. The number of hydrogen-bond acceptors (Lipinski definition) is 5. The Kier molecular flexibility index (Phi) is 4.86. The quantitative estimate of drug-likeness (QED) is 0.636. The van der Waals surface area contributed by atoms with Crippen LogP contribution in [-0.4, -0.2) is 63.1 Å². The molecule has 5 heterocycles. The van der Waals surface area contributed by atoms with E-state index < -0.39 is 0 Å². The average molecular weight is 432 g/mol. The van der Waals surface area contributed by atoms with Gasteiger partial charge in [0.2, 0.25) is 0 Å². The van der Waals surface area contributed by atoms with E-state index in [-0.39, 0.29) is 5.91 Å². The van der Waals surface area contributed by atoms with Crippen molar-refractivity contribution in [2.45, 2.75) is 37.8 Å². The fraction of sp³-hybridized carbons (Fsp3) is 0.480. The van der Waals surface area contributed by atoms with E-state index in [1.807, 2.05) is 18.2 Å². The van der Waals surface area contributed by atoms with Gasteiger partial charge in [0.05, 0.1) is 7.11 Å². The molecule has 7 nitrogen and oxygen atoms in total. The zero-order valence-corrected chi connectivity index (χ0v) is 18.4. The number of pyridine rings is 1. The van der Waals surface area contributed by atoms with Gasteiger partial charge in [-0.25, -0.2) is 9.50 Å². The minimum atomic E-state index is 0.0757. The molecule has 0 N–H and O–H groups in total. The number of fused-ring (bicyclic) bond motifs is 5. The number of likely N-dealkylation sites (tertiary alicyclic amines) is 1. The van der Waals surface area contributed by atoms with Gasteiger partial charge in [-0.1, -0.05) is 18.2 Å². The lowest BCUT2D eigenvalue weighted by Crippen LogP contribution is -2.60. The highest BCUT2D eigenvalue weighted by Gasteiger charge is 2.46. The molecule has 0 radical (unpaired) electrons. The Balaban J connectivity index is 1.23. The van der Waals surface area contributed by atoms with Gasteiger partial charge in [0.1, 0.15) is 17.8 Å². The Morgan fingerprint density at radius 3 is 2.78 bits per heavy atom. The van der Waals surface area contributed by atoms with Crippen LogP contribution in [0.5, 0.6) is 5.75 Å². The average Bonchev–Trinajstić information content (AvgIpc) is 3.32. The zero-order chi connectivity index (χ0) is 21.7. The summed E-state index contributed by atoms with van der Waals surface area (Å²) < 4.78 is 7.02. The number of amides is 1. The van der Waals surface area contributed by atoms with Crippen LogP contribution in [0.1, 0.15) is 47.8 Å². The maximum Gasteiger partial charge on any atom is 0.272 e. The van der Waals surface area contributed by atoms with Gasteiger partial charge in [0.25, 0.3) is 5.91 Å². The summed E-state index contributed by atoms with van der Waals surface area (Å²) in [4.78, 5) is 22.5. The molecular weight excluding hydrogens is 402 g/mol. The third kappa shape index (κ3) is 3.26. The van der Waals surface area contributed by atoms with Crippen molar-refractivity contribution in [1.82, 2.24) is 24.4 Å². The maximum absolute atomic E-state index is 13.5. The van der Waals surface area contributed by atoms with Crippen molar-refractivity contribution >= 4 is 11.6 Å². The molecule has 0 unspecified atom stereocenters. The molecule has 1 aromatic carbocycles. The first kappa shape index (κ1) is 19.7. The first-order valence-corrected chi connectivity index (χ1v) is 11.7. The number of rotatable bonds is 3. The molecule has 7 heteroatoms. The Bertz CT molecular complexity index is 1130. The minimum Gasteiger partial charge on any atom is -0.497 e. The van der Waals surface area contributed by atoms with Crippen molar-refractivity contribution < 1.29 is 9.53 Å². The normalized spacial score (nSPS) is 27.8. The predicted molar refractivity (Wildman–Crippen MR) is 121 cm³/mol. The number of carbonyl (C=O) groups excluding carboxylic acids is 1. The molecule has 3 aromatic rings. The summed E-state index contributed by atoms with van der Waals surface area (Å²) in [5, 5.41) is 4.27. The summed E-state index contributed by atoms with van der Waals surface area (Å²) in [6.07, 6.45) is 6.42. The van der Waals surface area contributed by atoms with Gasteiger partial charge in [-0.3, -0.25) is 9.69 Å². The lowest BCUT2D eigenvalue weighted by atomic mass is 9.74. The molecule has 3 saturated heterocycles. The molecule has 0 saturated carbocycles. The van der Waals surface area contributed by atoms with Crippen LogP contribution in [0.3, 0.4) is 0 Å². The SMILES string of the molecule is COc1ccc([C@H]2CCC[C@H]3[C@@H]4C[C@@H](CN(C(=O)c5cccc6ncnn56)C4)CN23)cc1. The van der Waals surface area contributed by atoms with Crippen molar-refractivity contribution in [3.63, 3.8) is 0 Å². The summed E-state index contributed by atoms with van der Waals surface area (Å²) in [5.74, 6) is 2.03. The van der Waals surface area contributed by atoms with Crippen LogP contribution in [0.25, 0.3) is 5.65 Å². The van der Waals surface area contributed by atoms with Gasteiger partial charge in [0, 0.05) is 31.7 Å². The molecule has 4 atom stereocenters. The Morgan fingerprint density at radius 2 is 1.94 bits per heavy atom. The summed E-state index contributed by atoms with van der Waals surface area (Å²) in [7, 11) is 1.72. The van der Waals surface area contributed by atoms with Crippen LogP contribution >= 0.6 is 0 Å². The van der Waals surface area contributed by atoms with Crippen LogP contribution in [-0.2, 0) is 0 Å². The second-order valence-corrected chi connectivity index (χ2v) is 9.50. The van der Waals surface area contributed by atoms with E-state index in [4.69, 9.17) is 4.74 Å². The van der Waals surface area contributed by atoms with Crippen LogP contribution in [0, 0.1) is 11.8 Å². The Labute approximate surface area is 188 Å². The van der Waals surface area contributed by atoms with Gasteiger partial charge in [-0.05, 0) is 67.3 Å². The van der Waals surface area contributed by atoms with Gasteiger partial charge in [-0.15, -0.1) is 0 Å². The number of aromatic nitrogens is 3. The highest BCUT2D eigenvalue weighted by atomic mass is 16.5. The standard InChI is InChI=1S/C25H29N5O2/c1-32-20-10-8-18(9-11-20)21-4-2-5-22-19-12-17(14-29(21)22)13-28(15-19)25(31)23-6-3-7-24-26-16-27-30(23)24/h3,6-11,16-17,19,21-22H,2,4-5,12-15H2,1H3/t17-,19+,21+,22-/m0/s1. The number of ether oxygens (including phenoxy) is 1. The first-order chi connectivity index (χ1) is 15.7. The van der Waals surface area contributed by atoms with Crippen molar-refractivity contribution in [3.05, 3.63) is 60.0 Å². The van der Waals surface area contributed by atoms with E-state index in [0.717, 1.165) is 25.4 Å². The molecule has 3 aliphatic heterocycles. The molecule has 2 bridgehead atoms. The fourth-order valence-electron chi connectivity index (χ4n) is 6.33. The second kappa shape index (κ2) is 7.89. The molecule has 1 amide bonds. The molecule has 166 valence electrons. The Hall–Kier alpha value is -2.93. The lowest BCUT2D eigenvalue weighted by Gasteiger charge is -2.55. The van der Waals surface area contributed by atoms with E-state index >= 15 is 0 Å². The highest BCUT2D eigenvalue weighted by molar-refractivity contribution is 5.93. The van der Waals surface area contributed by atoms with Crippen LogP contribution in [0.4, 0.5) is 0 Å². The van der Waals surface area contributed by atoms with E-state index in [2.05, 4.69) is 44.1 Å². The number of methoxy groups -OCH3 is 1. The minimum absolute atomic E-state index is 0.0757. The highest BCUT2D eigenvalue weighted by Crippen LogP contribution is 2.44. The second-order valence-electron chi connectivity index (χ2n) is 9.50. The first-order valence-electron chi connectivity index (χ1n) is 11.7. The largest absolute Gasteiger partial charge is 0.497 e. The van der Waals surface area contributed by atoms with E-state index in [0.29, 0.717) is 35.3 Å². The third-order valence-corrected chi connectivity index (χ3v) is 7.70. The molecule has 32 heavy (non-hydrogen) atoms. The molecule has 6 rings (SSSR count). The number of piperidine rings is 3. The van der Waals surface area contributed by atoms with Crippen molar-refractivity contribution in [3.8, 4) is 5.75 Å². The van der Waals surface area contributed by atoms with E-state index in [1.165, 1.54) is 37.6 Å². The summed E-state index contributed by atoms with van der Waals surface area (Å²) in [6.45, 7) is 2.71. The van der Waals surface area contributed by atoms with Gasteiger partial charge in [0.15, 0.2) is 5.65 Å². The third-order valence-electron chi connectivity index (χ3n) is 7.70. The van der Waals surface area contributed by atoms with Crippen LogP contribution in [0.2, 0.25) is 0 Å². The molecule has 0 aliphatic carbocycles. The van der Waals surface area contributed by atoms with E-state index in [1.54, 1.807) is 11.6 Å². The molecule has 0 spiro atoms. The topological polar surface area (TPSA) is 63.0 Å². The van der Waals surface area contributed by atoms with Gasteiger partial charge < -0.3 is 9.64 Å². The number of nitrogens with zero attached hydrogens (tertiary/aromatic N) is 5. The molecule has 3 aliphatic rings. The zero-order valence-electron chi connectivity index (χ0n) is 18.4. The predicted octanol–water partition coefficient (Wildman–Crippen LogP) is 3.43. The Morgan fingerprint density at radius 1 is 1.06 bits per heavy atom. The number of benzene rings is 1. The van der Waals surface area contributed by atoms with E-state index in [9.17, 15) is 4.79 Å². The van der Waals surface area contributed by atoms with Crippen molar-refractivity contribution in [2.24, 2.45) is 11.8 Å². The fourth-order valence-corrected chi connectivity index (χ4v) is 6.33. The van der Waals surface area contributed by atoms with Crippen molar-refractivity contribution in [2.75, 3.05) is 26.7 Å². The molecular formula is C25H29N5O2. The van der Waals surface area contributed by atoms with Crippen LogP contribution in [0.15, 0.2) is 48.8 Å². The maximum atomic E-state index is 13.5. The number of carbonyl (C=O) groups is 1. The summed E-state index contributed by atoms with van der Waals surface area (Å²) >= 11 is 0. The summed E-state index contributed by atoms with van der Waals surface area (Å²) in [5.41, 5.74) is 2.71. The van der Waals surface area contributed by atoms with Gasteiger partial charge in [-0.2, -0.15) is 5.10 Å². The van der Waals surface area contributed by atoms with Gasteiger partial charge >= 0.3 is 0 Å². The lowest BCUT2D eigenvalue weighted by molar-refractivity contribution is -0.0513. The monoisotopic (exact) mass is 431 g/mol. The van der Waals surface area contributed by atoms with Crippen molar-refractivity contribution in [1.29, 1.82) is 0 Å². The smallest absolute Gasteiger partial charge is 0.272 e.